The predicted molar refractivity (Wildman–Crippen MR) is 67.9 cm³/mol. The van der Waals surface area contributed by atoms with E-state index in [1.807, 2.05) is 24.3 Å². The number of carbonyl (C=O) groups excluding carboxylic acids is 1. The molecular weight excluding hydrogens is 230 g/mol. The van der Waals surface area contributed by atoms with Crippen LogP contribution in [0.15, 0.2) is 29.3 Å². The van der Waals surface area contributed by atoms with Crippen LogP contribution >= 0.6 is 0 Å². The molecule has 1 aromatic carbocycles. The van der Waals surface area contributed by atoms with E-state index >= 15 is 0 Å². The van der Waals surface area contributed by atoms with Crippen LogP contribution in [0.5, 0.6) is 5.75 Å². The van der Waals surface area contributed by atoms with Crippen molar-refractivity contribution in [2.45, 2.75) is 12.1 Å². The molecule has 18 heavy (non-hydrogen) atoms. The number of amides is 1. The average molecular weight is 245 g/mol. The van der Waals surface area contributed by atoms with E-state index < -0.39 is 5.66 Å². The predicted octanol–water partition coefficient (Wildman–Crippen LogP) is 0.304. The fraction of sp³-hybridized carbons (Fsp3) is 0.385. The SMILES string of the molecule is COc1ccc(C2=NC3(CCNC3)NC2=O)cc1. The van der Waals surface area contributed by atoms with Crippen LogP contribution < -0.4 is 15.4 Å². The van der Waals surface area contributed by atoms with Gasteiger partial charge in [0.15, 0.2) is 0 Å². The van der Waals surface area contributed by atoms with Crippen molar-refractivity contribution in [3.8, 4) is 5.75 Å². The molecule has 1 amide bonds. The molecule has 1 spiro atoms. The molecule has 5 heteroatoms. The highest BCUT2D eigenvalue weighted by Gasteiger charge is 2.41. The van der Waals surface area contributed by atoms with Gasteiger partial charge in [0.25, 0.3) is 5.91 Å². The van der Waals surface area contributed by atoms with Crippen molar-refractivity contribution in [3.05, 3.63) is 29.8 Å². The number of ether oxygens (including phenoxy) is 1. The molecule has 2 N–H and O–H groups in total. The Labute approximate surface area is 105 Å². The lowest BCUT2D eigenvalue weighted by atomic mass is 10.1. The number of nitrogens with zero attached hydrogens (tertiary/aromatic N) is 1. The Balaban J connectivity index is 1.92. The number of methoxy groups -OCH3 is 1. The second kappa shape index (κ2) is 4.10. The maximum absolute atomic E-state index is 12.0. The summed E-state index contributed by atoms with van der Waals surface area (Å²) in [4.78, 5) is 16.6. The minimum Gasteiger partial charge on any atom is -0.497 e. The molecule has 2 aliphatic rings. The molecule has 1 aromatic rings. The number of hydrogen-bond acceptors (Lipinski definition) is 4. The molecule has 2 aliphatic heterocycles. The van der Waals surface area contributed by atoms with Gasteiger partial charge in [0.2, 0.25) is 0 Å². The van der Waals surface area contributed by atoms with E-state index in [2.05, 4.69) is 15.6 Å². The fourth-order valence-corrected chi connectivity index (χ4v) is 2.39. The Morgan fingerprint density at radius 3 is 2.72 bits per heavy atom. The van der Waals surface area contributed by atoms with Gasteiger partial charge >= 0.3 is 0 Å². The van der Waals surface area contributed by atoms with Crippen molar-refractivity contribution in [1.82, 2.24) is 10.6 Å². The molecule has 3 rings (SSSR count). The van der Waals surface area contributed by atoms with Gasteiger partial charge in [-0.3, -0.25) is 4.79 Å². The third kappa shape index (κ3) is 1.76. The molecule has 0 radical (unpaired) electrons. The summed E-state index contributed by atoms with van der Waals surface area (Å²) in [6.07, 6.45) is 0.846. The molecule has 1 unspecified atom stereocenters. The number of carbonyl (C=O) groups is 1. The van der Waals surface area contributed by atoms with Crippen LogP contribution in [0.1, 0.15) is 12.0 Å². The van der Waals surface area contributed by atoms with E-state index in [9.17, 15) is 4.79 Å². The van der Waals surface area contributed by atoms with Gasteiger partial charge in [0, 0.05) is 18.5 Å². The summed E-state index contributed by atoms with van der Waals surface area (Å²) in [5.74, 6) is 0.680. The van der Waals surface area contributed by atoms with Crippen molar-refractivity contribution in [2.75, 3.05) is 20.2 Å². The average Bonchev–Trinajstić information content (AvgIpc) is 2.97. The minimum atomic E-state index is -0.424. The first-order valence-corrected chi connectivity index (χ1v) is 6.00. The van der Waals surface area contributed by atoms with Crippen molar-refractivity contribution in [3.63, 3.8) is 0 Å². The third-order valence-electron chi connectivity index (χ3n) is 3.38. The van der Waals surface area contributed by atoms with Gasteiger partial charge in [-0.15, -0.1) is 0 Å². The van der Waals surface area contributed by atoms with Gasteiger partial charge in [-0.1, -0.05) is 0 Å². The lowest BCUT2D eigenvalue weighted by molar-refractivity contribution is -0.115. The summed E-state index contributed by atoms with van der Waals surface area (Å²) >= 11 is 0. The molecule has 5 nitrogen and oxygen atoms in total. The van der Waals surface area contributed by atoms with E-state index in [4.69, 9.17) is 4.74 Å². The summed E-state index contributed by atoms with van der Waals surface area (Å²) in [5.41, 5.74) is 0.922. The number of hydrogen-bond donors (Lipinski definition) is 2. The number of aliphatic imine (C=N–C) groups is 1. The quantitative estimate of drug-likeness (QED) is 0.788. The van der Waals surface area contributed by atoms with E-state index in [0.717, 1.165) is 24.3 Å². The summed E-state index contributed by atoms with van der Waals surface area (Å²) < 4.78 is 5.10. The second-order valence-corrected chi connectivity index (χ2v) is 4.60. The smallest absolute Gasteiger partial charge is 0.272 e. The Kier molecular flexibility index (Phi) is 2.56. The van der Waals surface area contributed by atoms with Crippen LogP contribution in [0.25, 0.3) is 0 Å². The highest BCUT2D eigenvalue weighted by Crippen LogP contribution is 2.24. The molecule has 1 saturated heterocycles. The number of rotatable bonds is 2. The van der Waals surface area contributed by atoms with Gasteiger partial charge in [-0.2, -0.15) is 0 Å². The van der Waals surface area contributed by atoms with Crippen LogP contribution in [0.2, 0.25) is 0 Å². The van der Waals surface area contributed by atoms with Crippen LogP contribution in [-0.4, -0.2) is 37.5 Å². The zero-order chi connectivity index (χ0) is 12.6. The van der Waals surface area contributed by atoms with Gasteiger partial charge in [-0.05, 0) is 30.8 Å². The zero-order valence-corrected chi connectivity index (χ0v) is 10.2. The molecular formula is C13H15N3O2. The van der Waals surface area contributed by atoms with Crippen molar-refractivity contribution < 1.29 is 9.53 Å². The Hall–Kier alpha value is -1.88. The van der Waals surface area contributed by atoms with Gasteiger partial charge in [0.05, 0.1) is 7.11 Å². The molecule has 1 atom stereocenters. The van der Waals surface area contributed by atoms with Crippen LogP contribution in [-0.2, 0) is 4.79 Å². The normalized spacial score (nSPS) is 26.3. The molecule has 94 valence electrons. The lowest BCUT2D eigenvalue weighted by Gasteiger charge is -2.17. The molecule has 2 heterocycles. The summed E-state index contributed by atoms with van der Waals surface area (Å²) in [7, 11) is 1.62. The molecule has 0 bridgehead atoms. The van der Waals surface area contributed by atoms with Crippen LogP contribution in [0, 0.1) is 0 Å². The Morgan fingerprint density at radius 1 is 1.33 bits per heavy atom. The first kappa shape index (κ1) is 11.2. The van der Waals surface area contributed by atoms with Gasteiger partial charge in [0.1, 0.15) is 17.1 Å². The van der Waals surface area contributed by atoms with E-state index in [-0.39, 0.29) is 5.91 Å². The summed E-state index contributed by atoms with van der Waals surface area (Å²) in [5, 5.41) is 6.19. The number of nitrogens with one attached hydrogen (secondary N) is 2. The van der Waals surface area contributed by atoms with Gasteiger partial charge < -0.3 is 15.4 Å². The fourth-order valence-electron chi connectivity index (χ4n) is 2.39. The lowest BCUT2D eigenvalue weighted by Crippen LogP contribution is -2.44. The summed E-state index contributed by atoms with van der Waals surface area (Å²) in [6, 6.07) is 7.39. The van der Waals surface area contributed by atoms with E-state index in [1.54, 1.807) is 7.11 Å². The highest BCUT2D eigenvalue weighted by atomic mass is 16.5. The zero-order valence-electron chi connectivity index (χ0n) is 10.2. The second-order valence-electron chi connectivity index (χ2n) is 4.60. The van der Waals surface area contributed by atoms with Gasteiger partial charge in [-0.25, -0.2) is 4.99 Å². The molecule has 0 aliphatic carbocycles. The third-order valence-corrected chi connectivity index (χ3v) is 3.38. The Morgan fingerprint density at radius 2 is 2.11 bits per heavy atom. The maximum Gasteiger partial charge on any atom is 0.272 e. The first-order valence-electron chi connectivity index (χ1n) is 6.00. The van der Waals surface area contributed by atoms with Crippen molar-refractivity contribution in [1.29, 1.82) is 0 Å². The minimum absolute atomic E-state index is 0.0936. The standard InChI is InChI=1S/C13H15N3O2/c1-18-10-4-2-9(3-5-10)11-12(17)16-13(15-11)6-7-14-8-13/h2-5,14H,6-8H2,1H3,(H,16,17). The number of benzene rings is 1. The monoisotopic (exact) mass is 245 g/mol. The summed E-state index contributed by atoms with van der Waals surface area (Å²) in [6.45, 7) is 1.60. The molecule has 0 saturated carbocycles. The van der Waals surface area contributed by atoms with Crippen LogP contribution in [0.3, 0.4) is 0 Å². The highest BCUT2D eigenvalue weighted by molar-refractivity contribution is 6.46. The topological polar surface area (TPSA) is 62.7 Å². The van der Waals surface area contributed by atoms with E-state index in [0.29, 0.717) is 12.3 Å². The van der Waals surface area contributed by atoms with Crippen molar-refractivity contribution in [2.24, 2.45) is 4.99 Å². The molecule has 0 aromatic heterocycles. The largest absolute Gasteiger partial charge is 0.497 e. The van der Waals surface area contributed by atoms with Crippen molar-refractivity contribution >= 4 is 11.6 Å². The van der Waals surface area contributed by atoms with E-state index in [1.165, 1.54) is 0 Å². The van der Waals surface area contributed by atoms with Crippen LogP contribution in [0.4, 0.5) is 0 Å². The molecule has 1 fully saturated rings. The first-order chi connectivity index (χ1) is 8.72. The maximum atomic E-state index is 12.0. The Bertz CT molecular complexity index is 501.